The average Bonchev–Trinajstić information content (AvgIpc) is 2.54. The fraction of sp³-hybridized carbons (Fsp3) is 0.333. The van der Waals surface area contributed by atoms with Crippen molar-refractivity contribution in [1.29, 1.82) is 0 Å². The number of amides is 1. The number of pyridine rings is 1. The second-order valence-corrected chi connectivity index (χ2v) is 6.59. The number of carbonyl (C=O) groups is 1. The fourth-order valence-electron chi connectivity index (χ4n) is 3.06. The lowest BCUT2D eigenvalue weighted by Crippen LogP contribution is -2.39. The van der Waals surface area contributed by atoms with Crippen molar-refractivity contribution in [1.82, 2.24) is 9.88 Å². The highest BCUT2D eigenvalue weighted by Crippen LogP contribution is 2.31. The third-order valence-corrected chi connectivity index (χ3v) is 4.59. The van der Waals surface area contributed by atoms with Crippen LogP contribution in [0, 0.1) is 5.82 Å². The van der Waals surface area contributed by atoms with E-state index in [9.17, 15) is 9.18 Å². The van der Waals surface area contributed by atoms with Gasteiger partial charge in [-0.15, -0.1) is 0 Å². The number of halogens is 2. The summed E-state index contributed by atoms with van der Waals surface area (Å²) >= 11 is 6.06. The molecule has 6 heteroatoms. The van der Waals surface area contributed by atoms with E-state index in [1.165, 1.54) is 12.1 Å². The third-order valence-electron chi connectivity index (χ3n) is 4.39. The van der Waals surface area contributed by atoms with Gasteiger partial charge in [0.2, 0.25) is 0 Å². The second kappa shape index (κ2) is 6.40. The molecule has 0 saturated heterocycles. The molecular formula is C18H19ClFN3O. The summed E-state index contributed by atoms with van der Waals surface area (Å²) in [7, 11) is 3.69. The predicted molar refractivity (Wildman–Crippen MR) is 93.1 cm³/mol. The van der Waals surface area contributed by atoms with Gasteiger partial charge >= 0.3 is 0 Å². The minimum Gasteiger partial charge on any atom is -0.363 e. The Kier molecular flexibility index (Phi) is 4.45. The first kappa shape index (κ1) is 16.7. The standard InChI is InChI=1S/C18H19ClFN3O/c1-11-15-10-14(20)5-4-12(15)6-7-23(11)18(24)13-8-16(19)21-17(9-13)22(2)3/h4-5,8-11H,6-7H2,1-3H3. The lowest BCUT2D eigenvalue weighted by molar-refractivity contribution is 0.0677. The molecule has 0 saturated carbocycles. The highest BCUT2D eigenvalue weighted by molar-refractivity contribution is 6.29. The molecule has 1 unspecified atom stereocenters. The molecule has 0 aliphatic carbocycles. The number of nitrogens with zero attached hydrogens (tertiary/aromatic N) is 3. The highest BCUT2D eigenvalue weighted by atomic mass is 35.5. The summed E-state index contributed by atoms with van der Waals surface area (Å²) in [5.41, 5.74) is 2.45. The van der Waals surface area contributed by atoms with Crippen LogP contribution in [0.5, 0.6) is 0 Å². The number of hydrogen-bond acceptors (Lipinski definition) is 3. The summed E-state index contributed by atoms with van der Waals surface area (Å²) in [6.45, 7) is 2.51. The van der Waals surface area contributed by atoms with Crippen molar-refractivity contribution < 1.29 is 9.18 Å². The molecule has 0 bridgehead atoms. The summed E-state index contributed by atoms with van der Waals surface area (Å²) in [6.07, 6.45) is 0.713. The number of hydrogen-bond donors (Lipinski definition) is 0. The monoisotopic (exact) mass is 347 g/mol. The van der Waals surface area contributed by atoms with E-state index in [-0.39, 0.29) is 22.9 Å². The van der Waals surface area contributed by atoms with Crippen molar-refractivity contribution in [3.8, 4) is 0 Å². The number of anilines is 1. The van der Waals surface area contributed by atoms with E-state index in [1.54, 1.807) is 28.0 Å². The van der Waals surface area contributed by atoms with Crippen LogP contribution in [0.15, 0.2) is 30.3 Å². The molecule has 2 heterocycles. The largest absolute Gasteiger partial charge is 0.363 e. The maximum Gasteiger partial charge on any atom is 0.254 e. The van der Waals surface area contributed by atoms with Crippen LogP contribution in [-0.4, -0.2) is 36.4 Å². The molecule has 1 aliphatic rings. The molecule has 0 N–H and O–H groups in total. The van der Waals surface area contributed by atoms with Gasteiger partial charge in [0.25, 0.3) is 5.91 Å². The Bertz CT molecular complexity index is 794. The first-order valence-corrected chi connectivity index (χ1v) is 8.19. The van der Waals surface area contributed by atoms with Crippen molar-refractivity contribution in [2.75, 3.05) is 25.5 Å². The Labute approximate surface area is 145 Å². The van der Waals surface area contributed by atoms with Crippen LogP contribution >= 0.6 is 11.6 Å². The van der Waals surface area contributed by atoms with Gasteiger partial charge in [-0.05, 0) is 48.7 Å². The molecule has 126 valence electrons. The molecular weight excluding hydrogens is 329 g/mol. The van der Waals surface area contributed by atoms with Crippen LogP contribution in [0.1, 0.15) is 34.5 Å². The van der Waals surface area contributed by atoms with Gasteiger partial charge in [0.15, 0.2) is 0 Å². The molecule has 3 rings (SSSR count). The molecule has 24 heavy (non-hydrogen) atoms. The number of benzene rings is 1. The zero-order chi connectivity index (χ0) is 17.4. The van der Waals surface area contributed by atoms with Gasteiger partial charge in [-0.25, -0.2) is 9.37 Å². The molecule has 1 aromatic heterocycles. The predicted octanol–water partition coefficient (Wildman–Crippen LogP) is 3.70. The Hall–Kier alpha value is -2.14. The Morgan fingerprint density at radius 1 is 1.33 bits per heavy atom. The maximum absolute atomic E-state index is 13.6. The molecule has 1 aromatic carbocycles. The van der Waals surface area contributed by atoms with Crippen molar-refractivity contribution in [3.63, 3.8) is 0 Å². The van der Waals surface area contributed by atoms with Crippen molar-refractivity contribution >= 4 is 23.3 Å². The van der Waals surface area contributed by atoms with E-state index >= 15 is 0 Å². The molecule has 0 fully saturated rings. The van der Waals surface area contributed by atoms with E-state index in [0.29, 0.717) is 24.3 Å². The second-order valence-electron chi connectivity index (χ2n) is 6.20. The minimum atomic E-state index is -0.281. The topological polar surface area (TPSA) is 36.4 Å². The summed E-state index contributed by atoms with van der Waals surface area (Å²) in [5, 5.41) is 0.278. The lowest BCUT2D eigenvalue weighted by atomic mass is 9.93. The number of fused-ring (bicyclic) bond motifs is 1. The van der Waals surface area contributed by atoms with Gasteiger partial charge in [-0.2, -0.15) is 0 Å². The lowest BCUT2D eigenvalue weighted by Gasteiger charge is -2.35. The van der Waals surface area contributed by atoms with Crippen molar-refractivity contribution in [3.05, 3.63) is 58.0 Å². The van der Waals surface area contributed by atoms with Gasteiger partial charge < -0.3 is 9.80 Å². The van der Waals surface area contributed by atoms with Crippen molar-refractivity contribution in [2.24, 2.45) is 0 Å². The smallest absolute Gasteiger partial charge is 0.254 e. The van der Waals surface area contributed by atoms with E-state index in [1.807, 2.05) is 21.0 Å². The minimum absolute atomic E-state index is 0.121. The van der Waals surface area contributed by atoms with Crippen LogP contribution in [-0.2, 0) is 6.42 Å². The highest BCUT2D eigenvalue weighted by Gasteiger charge is 2.29. The van der Waals surface area contributed by atoms with Gasteiger partial charge in [0, 0.05) is 26.2 Å². The Balaban J connectivity index is 1.94. The van der Waals surface area contributed by atoms with E-state index in [4.69, 9.17) is 11.6 Å². The van der Waals surface area contributed by atoms with E-state index < -0.39 is 0 Å². The van der Waals surface area contributed by atoms with Gasteiger partial charge in [-0.1, -0.05) is 17.7 Å². The zero-order valence-corrected chi connectivity index (χ0v) is 14.6. The van der Waals surface area contributed by atoms with Crippen molar-refractivity contribution in [2.45, 2.75) is 19.4 Å². The van der Waals surface area contributed by atoms with Gasteiger partial charge in [0.1, 0.15) is 16.8 Å². The van der Waals surface area contributed by atoms with E-state index in [2.05, 4.69) is 4.98 Å². The van der Waals surface area contributed by atoms with Crippen LogP contribution in [0.3, 0.4) is 0 Å². The molecule has 1 atom stereocenters. The molecule has 1 aliphatic heterocycles. The number of aromatic nitrogens is 1. The average molecular weight is 348 g/mol. The van der Waals surface area contributed by atoms with Crippen LogP contribution < -0.4 is 4.90 Å². The SMILES string of the molecule is CC1c2cc(F)ccc2CCN1C(=O)c1cc(Cl)nc(N(C)C)c1. The summed E-state index contributed by atoms with van der Waals surface area (Å²) in [5.74, 6) is 0.225. The number of carbonyl (C=O) groups excluding carboxylic acids is 1. The summed E-state index contributed by atoms with van der Waals surface area (Å²) in [6, 6.07) is 7.90. The van der Waals surface area contributed by atoms with Gasteiger partial charge in [0.05, 0.1) is 6.04 Å². The quantitative estimate of drug-likeness (QED) is 0.777. The Morgan fingerprint density at radius 3 is 2.79 bits per heavy atom. The number of rotatable bonds is 2. The first-order chi connectivity index (χ1) is 11.4. The first-order valence-electron chi connectivity index (χ1n) is 7.81. The van der Waals surface area contributed by atoms with Crippen LogP contribution in [0.2, 0.25) is 5.15 Å². The van der Waals surface area contributed by atoms with E-state index in [0.717, 1.165) is 11.1 Å². The van der Waals surface area contributed by atoms with Crippen LogP contribution in [0.25, 0.3) is 0 Å². The fourth-order valence-corrected chi connectivity index (χ4v) is 3.27. The summed E-state index contributed by atoms with van der Waals surface area (Å²) < 4.78 is 13.6. The molecule has 2 aromatic rings. The van der Waals surface area contributed by atoms with Crippen LogP contribution in [0.4, 0.5) is 10.2 Å². The van der Waals surface area contributed by atoms with Gasteiger partial charge in [-0.3, -0.25) is 4.79 Å². The molecule has 0 radical (unpaired) electrons. The third kappa shape index (κ3) is 3.08. The Morgan fingerprint density at radius 2 is 2.08 bits per heavy atom. The molecule has 1 amide bonds. The zero-order valence-electron chi connectivity index (χ0n) is 13.9. The molecule has 4 nitrogen and oxygen atoms in total. The summed E-state index contributed by atoms with van der Waals surface area (Å²) in [4.78, 5) is 20.7. The molecule has 0 spiro atoms. The maximum atomic E-state index is 13.6. The normalized spacial score (nSPS) is 16.7.